The Morgan fingerprint density at radius 1 is 1.35 bits per heavy atom. The lowest BCUT2D eigenvalue weighted by Gasteiger charge is -2.30. The molecule has 2 rings (SSSR count). The number of hydrogen-bond acceptors (Lipinski definition) is 2. The third-order valence-corrected chi connectivity index (χ3v) is 3.86. The minimum Gasteiger partial charge on any atom is -0.385 e. The average Bonchev–Trinajstić information content (AvgIpc) is 2.36. The molecule has 0 saturated heterocycles. The van der Waals surface area contributed by atoms with Gasteiger partial charge in [0.1, 0.15) is 0 Å². The average molecular weight is 233 g/mol. The highest BCUT2D eigenvalue weighted by atomic mass is 16.5. The highest BCUT2D eigenvalue weighted by Crippen LogP contribution is 2.36. The minimum absolute atomic E-state index is 0.000179. The molecular formula is C15H23NO. The van der Waals surface area contributed by atoms with Crippen molar-refractivity contribution in [3.8, 4) is 0 Å². The summed E-state index contributed by atoms with van der Waals surface area (Å²) >= 11 is 0. The Morgan fingerprint density at radius 3 is 2.88 bits per heavy atom. The summed E-state index contributed by atoms with van der Waals surface area (Å²) in [7, 11) is 1.80. The molecule has 2 heteroatoms. The largest absolute Gasteiger partial charge is 0.385 e. The molecule has 1 atom stereocenters. The van der Waals surface area contributed by atoms with Crippen molar-refractivity contribution in [3.05, 3.63) is 29.8 Å². The van der Waals surface area contributed by atoms with E-state index in [2.05, 4.69) is 43.4 Å². The first-order valence-electron chi connectivity index (χ1n) is 6.50. The number of para-hydroxylation sites is 1. The van der Waals surface area contributed by atoms with Crippen LogP contribution >= 0.6 is 0 Å². The third kappa shape index (κ3) is 3.01. The van der Waals surface area contributed by atoms with Gasteiger partial charge in [0.25, 0.3) is 0 Å². The summed E-state index contributed by atoms with van der Waals surface area (Å²) in [5.41, 5.74) is 2.80. The normalized spacial score (nSPS) is 19.6. The van der Waals surface area contributed by atoms with E-state index in [4.69, 9.17) is 4.74 Å². The van der Waals surface area contributed by atoms with Crippen LogP contribution in [0.5, 0.6) is 0 Å². The van der Waals surface area contributed by atoms with Gasteiger partial charge in [-0.1, -0.05) is 18.2 Å². The summed E-state index contributed by atoms with van der Waals surface area (Å²) in [6.45, 7) is 5.43. The van der Waals surface area contributed by atoms with Crippen LogP contribution in [-0.2, 0) is 4.74 Å². The maximum atomic E-state index is 5.50. The first-order chi connectivity index (χ1) is 8.12. The predicted molar refractivity (Wildman–Crippen MR) is 72.6 cm³/mol. The summed E-state index contributed by atoms with van der Waals surface area (Å²) in [6.07, 6.45) is 3.55. The zero-order valence-corrected chi connectivity index (χ0v) is 11.1. The number of methoxy groups -OCH3 is 1. The highest BCUT2D eigenvalue weighted by Gasteiger charge is 2.23. The van der Waals surface area contributed by atoms with Crippen molar-refractivity contribution in [2.24, 2.45) is 0 Å². The second kappa shape index (κ2) is 5.09. The van der Waals surface area contributed by atoms with E-state index in [9.17, 15) is 0 Å². The quantitative estimate of drug-likeness (QED) is 0.854. The van der Waals surface area contributed by atoms with Gasteiger partial charge in [0, 0.05) is 19.3 Å². The van der Waals surface area contributed by atoms with Crippen LogP contribution in [0.4, 0.5) is 5.69 Å². The fourth-order valence-electron chi connectivity index (χ4n) is 2.47. The van der Waals surface area contributed by atoms with Gasteiger partial charge < -0.3 is 10.1 Å². The number of nitrogens with one attached hydrogen (secondary N) is 1. The molecular weight excluding hydrogens is 210 g/mol. The smallest absolute Gasteiger partial charge is 0.0623 e. The Kier molecular flexibility index (Phi) is 3.72. The van der Waals surface area contributed by atoms with E-state index in [-0.39, 0.29) is 5.60 Å². The van der Waals surface area contributed by atoms with E-state index in [1.54, 1.807) is 7.11 Å². The van der Waals surface area contributed by atoms with Crippen LogP contribution < -0.4 is 5.32 Å². The molecule has 94 valence electrons. The van der Waals surface area contributed by atoms with Gasteiger partial charge in [-0.05, 0) is 50.7 Å². The standard InChI is InChI=1S/C15H23NO/c1-15(2,17-3)10-8-12-9-11-16-14-7-5-4-6-13(12)14/h4-7,12,16H,8-11H2,1-3H3. The number of ether oxygens (including phenoxy) is 1. The van der Waals surface area contributed by atoms with E-state index in [1.807, 2.05) is 0 Å². The summed E-state index contributed by atoms with van der Waals surface area (Å²) < 4.78 is 5.50. The fourth-order valence-corrected chi connectivity index (χ4v) is 2.47. The molecule has 1 heterocycles. The van der Waals surface area contributed by atoms with Gasteiger partial charge in [-0.15, -0.1) is 0 Å². The van der Waals surface area contributed by atoms with Crippen LogP contribution in [-0.4, -0.2) is 19.3 Å². The Labute approximate surface area is 104 Å². The van der Waals surface area contributed by atoms with E-state index in [0.717, 1.165) is 13.0 Å². The minimum atomic E-state index is -0.000179. The number of hydrogen-bond donors (Lipinski definition) is 1. The van der Waals surface area contributed by atoms with E-state index >= 15 is 0 Å². The van der Waals surface area contributed by atoms with Crippen molar-refractivity contribution in [1.82, 2.24) is 0 Å². The summed E-state index contributed by atoms with van der Waals surface area (Å²) in [5.74, 6) is 0.682. The predicted octanol–water partition coefficient (Wildman–Crippen LogP) is 3.79. The van der Waals surface area contributed by atoms with Crippen molar-refractivity contribution < 1.29 is 4.74 Å². The molecule has 1 aliphatic heterocycles. The lowest BCUT2D eigenvalue weighted by molar-refractivity contribution is 0.0122. The van der Waals surface area contributed by atoms with Crippen LogP contribution in [0.2, 0.25) is 0 Å². The van der Waals surface area contributed by atoms with Gasteiger partial charge in [0.15, 0.2) is 0 Å². The molecule has 1 N–H and O–H groups in total. The first kappa shape index (κ1) is 12.4. The lowest BCUT2D eigenvalue weighted by Crippen LogP contribution is -2.24. The van der Waals surface area contributed by atoms with Crippen molar-refractivity contribution in [2.45, 2.75) is 44.6 Å². The summed E-state index contributed by atoms with van der Waals surface area (Å²) in [4.78, 5) is 0. The molecule has 0 spiro atoms. The number of fused-ring (bicyclic) bond motifs is 1. The highest BCUT2D eigenvalue weighted by molar-refractivity contribution is 5.54. The number of benzene rings is 1. The Hall–Kier alpha value is -1.02. The first-order valence-corrected chi connectivity index (χ1v) is 6.50. The summed E-state index contributed by atoms with van der Waals surface area (Å²) in [6, 6.07) is 8.68. The Bertz CT molecular complexity index is 373. The molecule has 0 amide bonds. The van der Waals surface area contributed by atoms with Crippen LogP contribution in [0.15, 0.2) is 24.3 Å². The SMILES string of the molecule is COC(C)(C)CCC1CCNc2ccccc21. The van der Waals surface area contributed by atoms with Crippen molar-refractivity contribution in [3.63, 3.8) is 0 Å². The lowest BCUT2D eigenvalue weighted by atomic mass is 9.85. The molecule has 0 fully saturated rings. The zero-order valence-electron chi connectivity index (χ0n) is 11.1. The van der Waals surface area contributed by atoms with Gasteiger partial charge in [-0.2, -0.15) is 0 Å². The topological polar surface area (TPSA) is 21.3 Å². The van der Waals surface area contributed by atoms with Crippen LogP contribution in [0.1, 0.15) is 44.6 Å². The van der Waals surface area contributed by atoms with Crippen molar-refractivity contribution in [1.29, 1.82) is 0 Å². The molecule has 17 heavy (non-hydrogen) atoms. The van der Waals surface area contributed by atoms with E-state index in [0.29, 0.717) is 5.92 Å². The van der Waals surface area contributed by atoms with Gasteiger partial charge in [0.2, 0.25) is 0 Å². The second-order valence-electron chi connectivity index (χ2n) is 5.50. The van der Waals surface area contributed by atoms with Gasteiger partial charge in [0.05, 0.1) is 5.60 Å². The van der Waals surface area contributed by atoms with Gasteiger partial charge in [-0.25, -0.2) is 0 Å². The molecule has 1 unspecified atom stereocenters. The molecule has 1 aromatic carbocycles. The third-order valence-electron chi connectivity index (χ3n) is 3.86. The molecule has 1 aliphatic rings. The molecule has 0 bridgehead atoms. The Morgan fingerprint density at radius 2 is 2.12 bits per heavy atom. The van der Waals surface area contributed by atoms with Gasteiger partial charge >= 0.3 is 0 Å². The van der Waals surface area contributed by atoms with Crippen LogP contribution in [0.25, 0.3) is 0 Å². The summed E-state index contributed by atoms with van der Waals surface area (Å²) in [5, 5.41) is 3.47. The van der Waals surface area contributed by atoms with Gasteiger partial charge in [-0.3, -0.25) is 0 Å². The molecule has 0 aromatic heterocycles. The molecule has 2 nitrogen and oxygen atoms in total. The van der Waals surface area contributed by atoms with Crippen LogP contribution in [0.3, 0.4) is 0 Å². The van der Waals surface area contributed by atoms with E-state index in [1.165, 1.54) is 24.1 Å². The van der Waals surface area contributed by atoms with Crippen molar-refractivity contribution in [2.75, 3.05) is 19.0 Å². The molecule has 1 aromatic rings. The Balaban J connectivity index is 2.04. The monoisotopic (exact) mass is 233 g/mol. The molecule has 0 saturated carbocycles. The second-order valence-corrected chi connectivity index (χ2v) is 5.50. The fraction of sp³-hybridized carbons (Fsp3) is 0.600. The maximum Gasteiger partial charge on any atom is 0.0623 e. The van der Waals surface area contributed by atoms with E-state index < -0.39 is 0 Å². The zero-order chi connectivity index (χ0) is 12.3. The maximum absolute atomic E-state index is 5.50. The molecule has 0 aliphatic carbocycles. The number of rotatable bonds is 4. The molecule has 0 radical (unpaired) electrons. The number of anilines is 1. The van der Waals surface area contributed by atoms with Crippen molar-refractivity contribution >= 4 is 5.69 Å². The van der Waals surface area contributed by atoms with Crippen LogP contribution in [0, 0.1) is 0 Å².